The number of aromatic nitrogens is 2. The fourth-order valence-electron chi connectivity index (χ4n) is 2.10. The first kappa shape index (κ1) is 10.1. The first-order valence-electron chi connectivity index (χ1n) is 5.59. The molecule has 0 spiro atoms. The smallest absolute Gasteiger partial charge is 0.276 e. The molecular weight excluding hydrogens is 221 g/mol. The first-order chi connectivity index (χ1) is 8.25. The van der Waals surface area contributed by atoms with Gasteiger partial charge in [0.05, 0.1) is 11.3 Å². The fourth-order valence-corrected chi connectivity index (χ4v) is 2.10. The lowest BCUT2D eigenvalue weighted by Gasteiger charge is -2.10. The van der Waals surface area contributed by atoms with Crippen molar-refractivity contribution in [3.8, 4) is 5.69 Å². The minimum absolute atomic E-state index is 0.0567. The molecule has 0 bridgehead atoms. The van der Waals surface area contributed by atoms with E-state index in [1.54, 1.807) is 12.1 Å². The highest BCUT2D eigenvalue weighted by Gasteiger charge is 2.17. The Morgan fingerprint density at radius 1 is 1.24 bits per heavy atom. The molecule has 2 heterocycles. The van der Waals surface area contributed by atoms with Gasteiger partial charge in [-0.05, 0) is 37.1 Å². The second-order valence-corrected chi connectivity index (χ2v) is 4.11. The molecule has 0 atom stereocenters. The third kappa shape index (κ3) is 1.63. The van der Waals surface area contributed by atoms with Gasteiger partial charge in [-0.2, -0.15) is 0 Å². The van der Waals surface area contributed by atoms with Gasteiger partial charge in [-0.25, -0.2) is 9.07 Å². The third-order valence-electron chi connectivity index (χ3n) is 2.98. The zero-order valence-corrected chi connectivity index (χ0v) is 9.16. The van der Waals surface area contributed by atoms with Crippen LogP contribution in [-0.4, -0.2) is 16.3 Å². The number of H-pyrrole nitrogens is 1. The van der Waals surface area contributed by atoms with Crippen molar-refractivity contribution in [3.05, 3.63) is 46.0 Å². The molecule has 0 unspecified atom stereocenters. The molecule has 2 N–H and O–H groups in total. The monoisotopic (exact) mass is 233 g/mol. The average Bonchev–Trinajstić information content (AvgIpc) is 2.69. The Morgan fingerprint density at radius 3 is 2.71 bits per heavy atom. The molecule has 5 heteroatoms. The molecule has 4 nitrogen and oxygen atoms in total. The standard InChI is InChI=1S/C12H12FN3O/c13-8-3-5-9(6-4-8)16-12(17)10-2-1-7-14-11(10)15-16/h3-6,14-15H,1-2,7H2. The lowest BCUT2D eigenvalue weighted by Crippen LogP contribution is -2.19. The van der Waals surface area contributed by atoms with E-state index in [9.17, 15) is 9.18 Å². The van der Waals surface area contributed by atoms with E-state index in [0.29, 0.717) is 5.69 Å². The molecule has 0 fully saturated rings. The van der Waals surface area contributed by atoms with Crippen molar-refractivity contribution in [1.82, 2.24) is 9.78 Å². The van der Waals surface area contributed by atoms with E-state index >= 15 is 0 Å². The predicted molar refractivity (Wildman–Crippen MR) is 63.2 cm³/mol. The fraction of sp³-hybridized carbons (Fsp3) is 0.250. The van der Waals surface area contributed by atoms with Crippen LogP contribution in [0.3, 0.4) is 0 Å². The Balaban J connectivity index is 2.12. The van der Waals surface area contributed by atoms with Gasteiger partial charge >= 0.3 is 0 Å². The Morgan fingerprint density at radius 2 is 2.00 bits per heavy atom. The second kappa shape index (κ2) is 3.76. The number of anilines is 1. The quantitative estimate of drug-likeness (QED) is 0.787. The largest absolute Gasteiger partial charge is 0.370 e. The summed E-state index contributed by atoms with van der Waals surface area (Å²) < 4.78 is 14.3. The van der Waals surface area contributed by atoms with Crippen LogP contribution in [0.1, 0.15) is 12.0 Å². The molecule has 1 aromatic carbocycles. The van der Waals surface area contributed by atoms with Crippen LogP contribution in [0.15, 0.2) is 29.1 Å². The Bertz CT molecular complexity index is 597. The van der Waals surface area contributed by atoms with E-state index in [2.05, 4.69) is 10.4 Å². The van der Waals surface area contributed by atoms with Gasteiger partial charge in [0.25, 0.3) is 5.56 Å². The van der Waals surface area contributed by atoms with E-state index < -0.39 is 0 Å². The summed E-state index contributed by atoms with van der Waals surface area (Å²) in [6, 6.07) is 5.85. The van der Waals surface area contributed by atoms with Crippen molar-refractivity contribution in [3.63, 3.8) is 0 Å². The molecule has 2 aromatic rings. The highest BCUT2D eigenvalue weighted by atomic mass is 19.1. The Hall–Kier alpha value is -2.04. The number of hydrogen-bond acceptors (Lipinski definition) is 2. The Labute approximate surface area is 97.1 Å². The van der Waals surface area contributed by atoms with Gasteiger partial charge in [0, 0.05) is 6.54 Å². The van der Waals surface area contributed by atoms with E-state index in [-0.39, 0.29) is 11.4 Å². The second-order valence-electron chi connectivity index (χ2n) is 4.11. The van der Waals surface area contributed by atoms with Gasteiger partial charge in [0.2, 0.25) is 0 Å². The predicted octanol–water partition coefficient (Wildman–Crippen LogP) is 1.66. The molecule has 0 aliphatic carbocycles. The topological polar surface area (TPSA) is 49.8 Å². The molecule has 3 rings (SSSR count). The number of nitrogens with zero attached hydrogens (tertiary/aromatic N) is 1. The summed E-state index contributed by atoms with van der Waals surface area (Å²) in [7, 11) is 0. The van der Waals surface area contributed by atoms with Gasteiger partial charge in [0.1, 0.15) is 11.6 Å². The summed E-state index contributed by atoms with van der Waals surface area (Å²) in [6.07, 6.45) is 1.75. The van der Waals surface area contributed by atoms with Gasteiger partial charge in [-0.1, -0.05) is 0 Å². The maximum Gasteiger partial charge on any atom is 0.276 e. The summed E-state index contributed by atoms with van der Waals surface area (Å²) in [6.45, 7) is 0.871. The highest BCUT2D eigenvalue weighted by molar-refractivity contribution is 5.47. The minimum Gasteiger partial charge on any atom is -0.370 e. The van der Waals surface area contributed by atoms with Crippen molar-refractivity contribution < 1.29 is 4.39 Å². The van der Waals surface area contributed by atoms with Crippen molar-refractivity contribution >= 4 is 5.82 Å². The molecule has 0 amide bonds. The number of halogens is 1. The molecule has 1 aromatic heterocycles. The lowest BCUT2D eigenvalue weighted by molar-refractivity contribution is 0.627. The number of fused-ring (bicyclic) bond motifs is 1. The summed E-state index contributed by atoms with van der Waals surface area (Å²) in [5.41, 5.74) is 1.37. The zero-order valence-electron chi connectivity index (χ0n) is 9.16. The van der Waals surface area contributed by atoms with Gasteiger partial charge in [0.15, 0.2) is 0 Å². The van der Waals surface area contributed by atoms with Crippen LogP contribution in [-0.2, 0) is 6.42 Å². The summed E-state index contributed by atoms with van der Waals surface area (Å²) in [5.74, 6) is 0.474. The van der Waals surface area contributed by atoms with Crippen LogP contribution in [0.2, 0.25) is 0 Å². The lowest BCUT2D eigenvalue weighted by atomic mass is 10.1. The summed E-state index contributed by atoms with van der Waals surface area (Å²) in [4.78, 5) is 12.1. The summed E-state index contributed by atoms with van der Waals surface area (Å²) >= 11 is 0. The van der Waals surface area contributed by atoms with Crippen molar-refractivity contribution in [2.45, 2.75) is 12.8 Å². The molecule has 1 aliphatic rings. The zero-order chi connectivity index (χ0) is 11.8. The third-order valence-corrected chi connectivity index (χ3v) is 2.98. The number of rotatable bonds is 1. The van der Waals surface area contributed by atoms with Crippen molar-refractivity contribution in [2.24, 2.45) is 0 Å². The van der Waals surface area contributed by atoms with E-state index in [4.69, 9.17) is 0 Å². The highest BCUT2D eigenvalue weighted by Crippen LogP contribution is 2.17. The molecular formula is C12H12FN3O. The van der Waals surface area contributed by atoms with Gasteiger partial charge in [-0.15, -0.1) is 0 Å². The Kier molecular flexibility index (Phi) is 2.24. The molecule has 17 heavy (non-hydrogen) atoms. The minimum atomic E-state index is -0.309. The molecule has 0 saturated heterocycles. The molecule has 0 saturated carbocycles. The maximum absolute atomic E-state index is 12.8. The van der Waals surface area contributed by atoms with E-state index in [1.807, 2.05) is 0 Å². The summed E-state index contributed by atoms with van der Waals surface area (Å²) in [5, 5.41) is 6.16. The van der Waals surface area contributed by atoms with Crippen LogP contribution in [0.25, 0.3) is 5.69 Å². The number of benzene rings is 1. The van der Waals surface area contributed by atoms with Crippen LogP contribution in [0.5, 0.6) is 0 Å². The number of aromatic amines is 1. The average molecular weight is 233 g/mol. The van der Waals surface area contributed by atoms with Crippen LogP contribution in [0, 0.1) is 5.82 Å². The van der Waals surface area contributed by atoms with Crippen LogP contribution in [0.4, 0.5) is 10.2 Å². The van der Waals surface area contributed by atoms with Crippen molar-refractivity contribution in [2.75, 3.05) is 11.9 Å². The first-order valence-corrected chi connectivity index (χ1v) is 5.59. The van der Waals surface area contributed by atoms with E-state index in [0.717, 1.165) is 30.8 Å². The molecule has 88 valence electrons. The van der Waals surface area contributed by atoms with Gasteiger partial charge in [-0.3, -0.25) is 9.89 Å². The van der Waals surface area contributed by atoms with Crippen molar-refractivity contribution in [1.29, 1.82) is 0 Å². The number of nitrogens with one attached hydrogen (secondary N) is 2. The van der Waals surface area contributed by atoms with Crippen LogP contribution >= 0.6 is 0 Å². The van der Waals surface area contributed by atoms with Crippen LogP contribution < -0.4 is 10.9 Å². The van der Waals surface area contributed by atoms with Gasteiger partial charge < -0.3 is 5.32 Å². The maximum atomic E-state index is 12.8. The SMILES string of the molecule is O=c1c2c([nH]n1-c1ccc(F)cc1)NCCC2. The molecule has 0 radical (unpaired) electrons. The molecule has 1 aliphatic heterocycles. The number of hydrogen-bond donors (Lipinski definition) is 2. The van der Waals surface area contributed by atoms with E-state index in [1.165, 1.54) is 16.8 Å². The normalized spacial score (nSPS) is 14.2.